The van der Waals surface area contributed by atoms with Crippen molar-refractivity contribution in [2.75, 3.05) is 0 Å². The molecule has 0 aliphatic carbocycles. The van der Waals surface area contributed by atoms with E-state index in [1.54, 1.807) is 6.07 Å². The van der Waals surface area contributed by atoms with E-state index in [4.69, 9.17) is 33.2 Å². The summed E-state index contributed by atoms with van der Waals surface area (Å²) in [4.78, 5) is 38.1. The number of nitriles is 1. The van der Waals surface area contributed by atoms with Gasteiger partial charge in [0, 0.05) is 12.1 Å². The summed E-state index contributed by atoms with van der Waals surface area (Å²) < 4.78 is 7.81. The van der Waals surface area contributed by atoms with Crippen LogP contribution >= 0.6 is 23.2 Å². The van der Waals surface area contributed by atoms with Crippen molar-refractivity contribution in [2.45, 2.75) is 13.0 Å². The highest BCUT2D eigenvalue weighted by Crippen LogP contribution is 2.37. The minimum Gasteiger partial charge on any atom is -0.434 e. The van der Waals surface area contributed by atoms with Gasteiger partial charge in [0.2, 0.25) is 11.6 Å². The Kier molecular flexibility index (Phi) is 6.32. The first-order chi connectivity index (χ1) is 16.3. The number of aromatic amines is 1. The van der Waals surface area contributed by atoms with E-state index in [0.717, 1.165) is 10.2 Å². The zero-order valence-electron chi connectivity index (χ0n) is 17.4. The molecule has 2 heterocycles. The van der Waals surface area contributed by atoms with E-state index in [1.165, 1.54) is 28.9 Å². The molecule has 0 fully saturated rings. The van der Waals surface area contributed by atoms with Crippen LogP contribution in [0.2, 0.25) is 10.0 Å². The van der Waals surface area contributed by atoms with Gasteiger partial charge in [0.1, 0.15) is 6.07 Å². The summed E-state index contributed by atoms with van der Waals surface area (Å²) in [6.07, 6.45) is 0. The van der Waals surface area contributed by atoms with Crippen LogP contribution < -0.4 is 21.5 Å². The van der Waals surface area contributed by atoms with Crippen molar-refractivity contribution in [3.8, 4) is 23.4 Å². The number of hydrogen-bond acceptors (Lipinski definition) is 7. The van der Waals surface area contributed by atoms with Crippen molar-refractivity contribution in [3.05, 3.63) is 107 Å². The number of nitrogens with zero attached hydrogens (tertiary/aromatic N) is 5. The summed E-state index contributed by atoms with van der Waals surface area (Å²) >= 11 is 12.7. The van der Waals surface area contributed by atoms with Gasteiger partial charge in [-0.05, 0) is 24.6 Å². The standard InChI is InChI=1S/C22H14Cl2N6O4/c1-12(13-5-3-2-4-6-13)29-19(31)8-7-18(28-29)34-20-15(23)9-14(10-16(20)24)30-22(33)26-21(32)17(11-25)27-30/h2-10,12H,1H3,(H,26,32,33)/t12-/m1/s1. The highest BCUT2D eigenvalue weighted by atomic mass is 35.5. The molecule has 0 aliphatic rings. The number of benzene rings is 2. The number of rotatable bonds is 5. The molecule has 0 spiro atoms. The van der Waals surface area contributed by atoms with Crippen LogP contribution in [0.25, 0.3) is 5.69 Å². The molecule has 0 saturated carbocycles. The van der Waals surface area contributed by atoms with Crippen LogP contribution in [-0.4, -0.2) is 24.5 Å². The number of aromatic nitrogens is 5. The van der Waals surface area contributed by atoms with Gasteiger partial charge in [0.15, 0.2) is 5.75 Å². The molecule has 0 saturated heterocycles. The van der Waals surface area contributed by atoms with Gasteiger partial charge in [0.25, 0.3) is 11.1 Å². The largest absolute Gasteiger partial charge is 0.434 e. The monoisotopic (exact) mass is 496 g/mol. The Morgan fingerprint density at radius 1 is 1.03 bits per heavy atom. The van der Waals surface area contributed by atoms with Gasteiger partial charge in [-0.2, -0.15) is 9.94 Å². The van der Waals surface area contributed by atoms with Gasteiger partial charge < -0.3 is 4.74 Å². The second-order valence-electron chi connectivity index (χ2n) is 7.01. The third-order valence-electron chi connectivity index (χ3n) is 4.82. The molecule has 1 N–H and O–H groups in total. The summed E-state index contributed by atoms with van der Waals surface area (Å²) in [5.41, 5.74) is -1.65. The molecule has 34 heavy (non-hydrogen) atoms. The predicted molar refractivity (Wildman–Crippen MR) is 124 cm³/mol. The quantitative estimate of drug-likeness (QED) is 0.448. The molecule has 0 amide bonds. The van der Waals surface area contributed by atoms with E-state index in [1.807, 2.05) is 42.2 Å². The lowest BCUT2D eigenvalue weighted by molar-refractivity contribution is 0.419. The summed E-state index contributed by atoms with van der Waals surface area (Å²) in [6, 6.07) is 15.9. The van der Waals surface area contributed by atoms with Crippen LogP contribution in [0.4, 0.5) is 0 Å². The van der Waals surface area contributed by atoms with Crippen LogP contribution in [0.15, 0.2) is 69.0 Å². The summed E-state index contributed by atoms with van der Waals surface area (Å²) in [5.74, 6) is 0.0835. The van der Waals surface area contributed by atoms with Crippen molar-refractivity contribution in [1.82, 2.24) is 24.5 Å². The van der Waals surface area contributed by atoms with Crippen molar-refractivity contribution in [3.63, 3.8) is 0 Å². The maximum absolute atomic E-state index is 12.4. The van der Waals surface area contributed by atoms with E-state index in [2.05, 4.69) is 10.2 Å². The molecule has 1 atom stereocenters. The highest BCUT2D eigenvalue weighted by molar-refractivity contribution is 6.37. The Morgan fingerprint density at radius 3 is 2.35 bits per heavy atom. The molecule has 0 bridgehead atoms. The topological polar surface area (TPSA) is 136 Å². The van der Waals surface area contributed by atoms with Gasteiger partial charge in [-0.3, -0.25) is 14.6 Å². The average molecular weight is 497 g/mol. The zero-order chi connectivity index (χ0) is 24.4. The van der Waals surface area contributed by atoms with E-state index in [0.29, 0.717) is 0 Å². The Hall–Kier alpha value is -4.20. The Morgan fingerprint density at radius 2 is 1.71 bits per heavy atom. The number of hydrogen-bond donors (Lipinski definition) is 1. The first kappa shape index (κ1) is 23.0. The van der Waals surface area contributed by atoms with Gasteiger partial charge in [0.05, 0.1) is 21.8 Å². The van der Waals surface area contributed by atoms with Crippen LogP contribution in [0.5, 0.6) is 11.6 Å². The fraction of sp³-hybridized carbons (Fsp3) is 0.0909. The molecule has 0 unspecified atom stereocenters. The smallest absolute Gasteiger partial charge is 0.349 e. The maximum atomic E-state index is 12.4. The molecule has 0 aliphatic heterocycles. The Bertz CT molecular complexity index is 1580. The third-order valence-corrected chi connectivity index (χ3v) is 5.38. The van der Waals surface area contributed by atoms with Gasteiger partial charge in [-0.15, -0.1) is 10.2 Å². The van der Waals surface area contributed by atoms with Crippen LogP contribution in [0, 0.1) is 11.3 Å². The average Bonchev–Trinajstić information content (AvgIpc) is 2.82. The SMILES string of the molecule is C[C@H](c1ccccc1)n1nc(Oc2c(Cl)cc(-n3nc(C#N)c(=O)[nH]c3=O)cc2Cl)ccc1=O. The van der Waals surface area contributed by atoms with Gasteiger partial charge >= 0.3 is 5.69 Å². The Balaban J connectivity index is 1.70. The molecule has 2 aromatic heterocycles. The molecule has 170 valence electrons. The molecule has 12 heteroatoms. The lowest BCUT2D eigenvalue weighted by atomic mass is 10.1. The minimum absolute atomic E-state index is 0.00318. The molecule has 4 aromatic rings. The van der Waals surface area contributed by atoms with Gasteiger partial charge in [-0.1, -0.05) is 53.5 Å². The van der Waals surface area contributed by atoms with Crippen molar-refractivity contribution in [2.24, 2.45) is 0 Å². The van der Waals surface area contributed by atoms with Crippen molar-refractivity contribution in [1.29, 1.82) is 5.26 Å². The second kappa shape index (κ2) is 9.35. The fourth-order valence-corrected chi connectivity index (χ4v) is 3.68. The third kappa shape index (κ3) is 4.47. The predicted octanol–water partition coefficient (Wildman–Crippen LogP) is 3.06. The highest BCUT2D eigenvalue weighted by Gasteiger charge is 2.17. The van der Waals surface area contributed by atoms with E-state index in [-0.39, 0.29) is 39.0 Å². The second-order valence-corrected chi connectivity index (χ2v) is 7.83. The molecular weight excluding hydrogens is 483 g/mol. The molecule has 0 radical (unpaired) electrons. The number of halogens is 2. The first-order valence-corrected chi connectivity index (χ1v) is 10.5. The lowest BCUT2D eigenvalue weighted by Crippen LogP contribution is -2.33. The minimum atomic E-state index is -0.910. The van der Waals surface area contributed by atoms with Crippen LogP contribution in [0.3, 0.4) is 0 Å². The Labute approximate surface area is 201 Å². The summed E-state index contributed by atoms with van der Waals surface area (Å²) in [7, 11) is 0. The van der Waals surface area contributed by atoms with E-state index >= 15 is 0 Å². The van der Waals surface area contributed by atoms with E-state index in [9.17, 15) is 14.4 Å². The fourth-order valence-electron chi connectivity index (χ4n) is 3.13. The summed E-state index contributed by atoms with van der Waals surface area (Å²) in [6.45, 7) is 1.83. The zero-order valence-corrected chi connectivity index (χ0v) is 18.9. The van der Waals surface area contributed by atoms with Crippen molar-refractivity contribution < 1.29 is 4.74 Å². The number of ether oxygens (including phenoxy) is 1. The number of H-pyrrole nitrogens is 1. The lowest BCUT2D eigenvalue weighted by Gasteiger charge is -2.16. The summed E-state index contributed by atoms with van der Waals surface area (Å²) in [5, 5.41) is 17.0. The van der Waals surface area contributed by atoms with Gasteiger partial charge in [-0.25, -0.2) is 9.48 Å². The first-order valence-electron chi connectivity index (χ1n) is 9.74. The van der Waals surface area contributed by atoms with E-state index < -0.39 is 16.9 Å². The van der Waals surface area contributed by atoms with Crippen molar-refractivity contribution >= 4 is 23.2 Å². The normalized spacial score (nSPS) is 11.6. The van der Waals surface area contributed by atoms with Crippen LogP contribution in [-0.2, 0) is 0 Å². The molecule has 4 rings (SSSR count). The number of nitrogens with one attached hydrogen (secondary N) is 1. The maximum Gasteiger partial charge on any atom is 0.349 e. The molecule has 2 aromatic carbocycles. The molecular formula is C22H14Cl2N6O4. The molecule has 10 nitrogen and oxygen atoms in total. The van der Waals surface area contributed by atoms with Crippen LogP contribution in [0.1, 0.15) is 24.2 Å².